The van der Waals surface area contributed by atoms with E-state index < -0.39 is 11.9 Å². The molecule has 422 valence electrons. The number of aromatic hydroxyl groups is 1. The maximum Gasteiger partial charge on any atom is 0.315 e. The largest absolute Gasteiger partial charge is 0.506 e. The lowest BCUT2D eigenvalue weighted by Crippen LogP contribution is -2.48. The van der Waals surface area contributed by atoms with Crippen molar-refractivity contribution >= 4 is 58.6 Å². The van der Waals surface area contributed by atoms with E-state index in [0.29, 0.717) is 112 Å². The molecule has 2 saturated heterocycles. The van der Waals surface area contributed by atoms with E-state index in [1.165, 1.54) is 6.07 Å². The van der Waals surface area contributed by atoms with Gasteiger partial charge in [0.15, 0.2) is 5.78 Å². The van der Waals surface area contributed by atoms with Gasteiger partial charge in [0.2, 0.25) is 11.8 Å². The van der Waals surface area contributed by atoms with Crippen molar-refractivity contribution in [3.63, 3.8) is 0 Å². The van der Waals surface area contributed by atoms with E-state index in [-0.39, 0.29) is 84.2 Å². The van der Waals surface area contributed by atoms with Crippen molar-refractivity contribution in [2.24, 2.45) is 15.3 Å². The molecule has 5 aromatic rings. The average molecular weight is 1120 g/mol. The summed E-state index contributed by atoms with van der Waals surface area (Å²) in [6, 6.07) is 25.9. The molecule has 1 aromatic heterocycles. The number of ketones is 1. The third-order valence-electron chi connectivity index (χ3n) is 12.9. The molecule has 0 unspecified atom stereocenters. The molecule has 24 nitrogen and oxygen atoms in total. The average Bonchev–Trinajstić information content (AvgIpc) is 4.23. The van der Waals surface area contributed by atoms with Crippen LogP contribution in [0.25, 0.3) is 10.4 Å². The van der Waals surface area contributed by atoms with Gasteiger partial charge >= 0.3 is 6.03 Å². The van der Waals surface area contributed by atoms with E-state index >= 15 is 0 Å². The number of nitrogens with one attached hydrogen (secondary N) is 6. The minimum Gasteiger partial charge on any atom is -0.506 e. The molecular weight excluding hydrogens is 1050 g/mol. The molecule has 25 heteroatoms. The van der Waals surface area contributed by atoms with Crippen molar-refractivity contribution in [1.82, 2.24) is 46.9 Å². The summed E-state index contributed by atoms with van der Waals surface area (Å²) in [6.07, 6.45) is 5.12. The number of azo groups is 1. The highest BCUT2D eigenvalue weighted by atomic mass is 32.2. The zero-order chi connectivity index (χ0) is 56.3. The summed E-state index contributed by atoms with van der Waals surface area (Å²) in [6.45, 7) is 3.46. The fourth-order valence-electron chi connectivity index (χ4n) is 8.62. The van der Waals surface area contributed by atoms with E-state index in [1.54, 1.807) is 95.8 Å². The molecule has 4 atom stereocenters. The number of benzene rings is 4. The van der Waals surface area contributed by atoms with Gasteiger partial charge in [0.25, 0.3) is 11.8 Å². The number of amides is 6. The third kappa shape index (κ3) is 19.3. The van der Waals surface area contributed by atoms with Crippen LogP contribution in [0, 0.1) is 0 Å². The number of carbonyl (C=O) groups is 6. The summed E-state index contributed by atoms with van der Waals surface area (Å²) in [7, 11) is 0. The zero-order valence-electron chi connectivity index (χ0n) is 44.2. The second-order valence-electron chi connectivity index (χ2n) is 18.7. The van der Waals surface area contributed by atoms with Crippen LogP contribution in [0.2, 0.25) is 0 Å². The smallest absolute Gasteiger partial charge is 0.315 e. The van der Waals surface area contributed by atoms with Gasteiger partial charge in [0.05, 0.1) is 69.7 Å². The molecule has 7 rings (SSSR count). The van der Waals surface area contributed by atoms with Crippen LogP contribution in [-0.4, -0.2) is 150 Å². The lowest BCUT2D eigenvalue weighted by Gasteiger charge is -2.18. The lowest BCUT2D eigenvalue weighted by molar-refractivity contribution is -0.129. The number of azide groups is 1. The van der Waals surface area contributed by atoms with E-state index in [4.69, 9.17) is 19.7 Å². The molecule has 2 aliphatic rings. The number of phenols is 1. The van der Waals surface area contributed by atoms with Gasteiger partial charge in [-0.05, 0) is 85.3 Å². The first-order valence-corrected chi connectivity index (χ1v) is 27.6. The Morgan fingerprint density at radius 1 is 0.775 bits per heavy atom. The number of urea groups is 1. The molecule has 7 N–H and O–H groups in total. The lowest BCUT2D eigenvalue weighted by atomic mass is 10.0. The minimum absolute atomic E-state index is 0.0794. The predicted octanol–water partition coefficient (Wildman–Crippen LogP) is 5.65. The monoisotopic (exact) mass is 1110 g/mol. The van der Waals surface area contributed by atoms with Gasteiger partial charge in [-0.1, -0.05) is 65.3 Å². The maximum atomic E-state index is 13.8. The number of thioether (sulfide) groups is 1. The molecule has 0 bridgehead atoms. The Bertz CT molecular complexity index is 2920. The number of hydrogen-bond donors (Lipinski definition) is 7. The van der Waals surface area contributed by atoms with E-state index in [0.717, 1.165) is 24.2 Å². The summed E-state index contributed by atoms with van der Waals surface area (Å²) in [5.41, 5.74) is 12.2. The van der Waals surface area contributed by atoms with Gasteiger partial charge in [-0.2, -0.15) is 16.9 Å². The molecule has 6 amide bonds. The standard InChI is InChI=1S/C55H66N14O10S/c56-67-60-23-6-22-57-52(73)41-16-18-42(19-17-41)64-66-44-33-37(11-20-47(44)70)21-24-58-54(75)45(61-49(71)10-5-4-9-48-50-46(36-80-48)62-55(76)63-50)34-43-35-69(68-65-43)26-28-78-30-32-79-31-29-77-27-25-59-53(74)40-14-12-39(13-15-40)51(72)38-7-2-1-3-8-38/h1-3,7-8,11-20,33,35,45-46,48,50,70H,4-6,9-10,21-32,34,36H2,(H,57,73)(H,58,75)(H,59,74)(H,61,71)(H2,62,63,76)/t45-,46-,48-,50-/m1/s1. The zero-order valence-corrected chi connectivity index (χ0v) is 45.0. The molecular formula is C55H66N14O10S. The number of rotatable bonds is 34. The minimum atomic E-state index is -0.955. The summed E-state index contributed by atoms with van der Waals surface area (Å²) in [4.78, 5) is 79.2. The number of carbonyl (C=O) groups excluding carboxylic acids is 6. The number of nitrogens with zero attached hydrogens (tertiary/aromatic N) is 8. The van der Waals surface area contributed by atoms with Crippen LogP contribution in [0.5, 0.6) is 5.75 Å². The van der Waals surface area contributed by atoms with Crippen LogP contribution in [0.1, 0.15) is 80.0 Å². The normalized spacial score (nSPS) is 15.8. The van der Waals surface area contributed by atoms with Gasteiger partial charge in [0, 0.05) is 83.4 Å². The molecule has 0 radical (unpaired) electrons. The Morgan fingerprint density at radius 3 is 2.21 bits per heavy atom. The van der Waals surface area contributed by atoms with Crippen molar-refractivity contribution in [3.8, 4) is 5.75 Å². The first-order valence-electron chi connectivity index (χ1n) is 26.5. The molecule has 4 aromatic carbocycles. The molecule has 0 spiro atoms. The summed E-state index contributed by atoms with van der Waals surface area (Å²) >= 11 is 1.82. The number of unbranched alkanes of at least 4 members (excludes halogenated alkanes) is 1. The van der Waals surface area contributed by atoms with Crippen molar-refractivity contribution in [3.05, 3.63) is 147 Å². The highest BCUT2D eigenvalue weighted by Gasteiger charge is 2.42. The molecule has 80 heavy (non-hydrogen) atoms. The fraction of sp³-hybridized carbons (Fsp3) is 0.418. The SMILES string of the molecule is [N-]=[N+]=NCCCNC(=O)c1ccc(N=Nc2cc(CCNC(=O)[C@@H](Cc3cn(CCOCCOCCOCCNC(=O)c4ccc(C(=O)c5ccccc5)cc4)nn3)NC(=O)CCCC[C@H]3SC[C@H]4NC(=O)N[C@H]43)ccc2O)cc1. The quantitative estimate of drug-likeness (QED) is 0.00655. The van der Waals surface area contributed by atoms with Crippen LogP contribution in [0.3, 0.4) is 0 Å². The Kier molecular flexibility index (Phi) is 23.8. The Labute approximate surface area is 466 Å². The summed E-state index contributed by atoms with van der Waals surface area (Å²) < 4.78 is 18.5. The van der Waals surface area contributed by atoms with E-state index in [1.807, 2.05) is 17.8 Å². The molecule has 0 saturated carbocycles. The number of hydrogen-bond acceptors (Lipinski definition) is 16. The summed E-state index contributed by atoms with van der Waals surface area (Å²) in [5.74, 6) is -0.593. The highest BCUT2D eigenvalue weighted by Crippen LogP contribution is 2.33. The Hall–Kier alpha value is -8.22. The van der Waals surface area contributed by atoms with E-state index in [2.05, 4.69) is 62.5 Å². The number of ether oxygens (including phenoxy) is 3. The van der Waals surface area contributed by atoms with Gasteiger partial charge in [-0.25, -0.2) is 9.48 Å². The van der Waals surface area contributed by atoms with Crippen molar-refractivity contribution in [2.45, 2.75) is 74.9 Å². The summed E-state index contributed by atoms with van der Waals surface area (Å²) in [5, 5.41) is 48.5. The first-order chi connectivity index (χ1) is 39.0. The molecule has 3 heterocycles. The van der Waals surface area contributed by atoms with Crippen molar-refractivity contribution in [1.29, 1.82) is 0 Å². The van der Waals surface area contributed by atoms with Crippen LogP contribution >= 0.6 is 11.8 Å². The topological polar surface area (TPSA) is 327 Å². The first kappa shape index (κ1) is 59.4. The molecule has 2 fully saturated rings. The second kappa shape index (κ2) is 32.0. The number of fused-ring (bicyclic) bond motifs is 1. The molecule has 0 aliphatic carbocycles. The molecule has 2 aliphatic heterocycles. The van der Waals surface area contributed by atoms with Gasteiger partial charge in [-0.3, -0.25) is 24.0 Å². The van der Waals surface area contributed by atoms with Gasteiger partial charge in [0.1, 0.15) is 17.5 Å². The third-order valence-corrected chi connectivity index (χ3v) is 14.4. The van der Waals surface area contributed by atoms with Crippen molar-refractivity contribution < 1.29 is 48.1 Å². The van der Waals surface area contributed by atoms with Gasteiger partial charge < -0.3 is 51.2 Å². The fourth-order valence-corrected chi connectivity index (χ4v) is 10.2. The maximum absolute atomic E-state index is 13.8. The van der Waals surface area contributed by atoms with Crippen LogP contribution < -0.4 is 31.9 Å². The predicted molar refractivity (Wildman–Crippen MR) is 297 cm³/mol. The van der Waals surface area contributed by atoms with Crippen LogP contribution in [0.15, 0.2) is 119 Å². The van der Waals surface area contributed by atoms with Crippen LogP contribution in [0.4, 0.5) is 16.2 Å². The Balaban J connectivity index is 0.805. The highest BCUT2D eigenvalue weighted by molar-refractivity contribution is 8.00. The van der Waals surface area contributed by atoms with Crippen LogP contribution in [-0.2, 0) is 43.2 Å². The number of aromatic nitrogens is 3. The van der Waals surface area contributed by atoms with Gasteiger partial charge in [-0.15, -0.1) is 10.2 Å². The second-order valence-corrected chi connectivity index (χ2v) is 20.0. The Morgan fingerprint density at radius 2 is 1.46 bits per heavy atom. The van der Waals surface area contributed by atoms with Crippen molar-refractivity contribution in [2.75, 3.05) is 71.6 Å². The number of phenolic OH excluding ortho intramolecular Hbond substituents is 1. The van der Waals surface area contributed by atoms with E-state index in [9.17, 15) is 33.9 Å².